The van der Waals surface area contributed by atoms with E-state index in [1.54, 1.807) is 32.4 Å². The van der Waals surface area contributed by atoms with Gasteiger partial charge in [0.25, 0.3) is 0 Å². The lowest BCUT2D eigenvalue weighted by Crippen LogP contribution is -2.32. The van der Waals surface area contributed by atoms with E-state index < -0.39 is 5.54 Å². The normalized spacial score (nSPS) is 16.4. The molecular formula is C13H14ClNO3. The van der Waals surface area contributed by atoms with Crippen molar-refractivity contribution in [1.82, 2.24) is 0 Å². The lowest BCUT2D eigenvalue weighted by atomic mass is 9.72. The van der Waals surface area contributed by atoms with E-state index in [9.17, 15) is 4.79 Å². The van der Waals surface area contributed by atoms with Crippen molar-refractivity contribution in [3.63, 3.8) is 0 Å². The molecule has 1 saturated carbocycles. The summed E-state index contributed by atoms with van der Waals surface area (Å²) in [4.78, 5) is 14.6. The SMILES string of the molecule is COc1ccc(OC)c(C2(N=C=O)CCC2)c1Cl. The van der Waals surface area contributed by atoms with Crippen LogP contribution in [0.5, 0.6) is 11.5 Å². The van der Waals surface area contributed by atoms with Gasteiger partial charge in [0.05, 0.1) is 19.2 Å². The number of hydrogen-bond acceptors (Lipinski definition) is 4. The van der Waals surface area contributed by atoms with Crippen molar-refractivity contribution in [2.24, 2.45) is 4.99 Å². The molecule has 0 heterocycles. The largest absolute Gasteiger partial charge is 0.496 e. The quantitative estimate of drug-likeness (QED) is 0.622. The van der Waals surface area contributed by atoms with E-state index in [1.165, 1.54) is 0 Å². The predicted molar refractivity (Wildman–Crippen MR) is 68.2 cm³/mol. The molecule has 1 aliphatic carbocycles. The molecule has 0 saturated heterocycles. The van der Waals surface area contributed by atoms with E-state index >= 15 is 0 Å². The van der Waals surface area contributed by atoms with Crippen LogP contribution in [0.1, 0.15) is 24.8 Å². The zero-order chi connectivity index (χ0) is 13.2. The van der Waals surface area contributed by atoms with Crippen LogP contribution in [0.15, 0.2) is 17.1 Å². The molecule has 0 radical (unpaired) electrons. The van der Waals surface area contributed by atoms with Crippen molar-refractivity contribution in [3.05, 3.63) is 22.7 Å². The molecule has 1 aliphatic rings. The number of nitrogens with zero attached hydrogens (tertiary/aromatic N) is 1. The Morgan fingerprint density at radius 3 is 2.33 bits per heavy atom. The van der Waals surface area contributed by atoms with Gasteiger partial charge in [-0.2, -0.15) is 4.99 Å². The summed E-state index contributed by atoms with van der Waals surface area (Å²) in [6.07, 6.45) is 4.19. The highest BCUT2D eigenvalue weighted by Gasteiger charge is 2.43. The maximum Gasteiger partial charge on any atom is 0.235 e. The third-order valence-electron chi connectivity index (χ3n) is 3.41. The first-order chi connectivity index (χ1) is 8.68. The zero-order valence-corrected chi connectivity index (χ0v) is 11.1. The Balaban J connectivity index is 2.63. The molecule has 4 nitrogen and oxygen atoms in total. The smallest absolute Gasteiger partial charge is 0.235 e. The van der Waals surface area contributed by atoms with E-state index in [0.717, 1.165) is 24.8 Å². The van der Waals surface area contributed by atoms with Gasteiger partial charge in [-0.05, 0) is 31.4 Å². The summed E-state index contributed by atoms with van der Waals surface area (Å²) in [7, 11) is 3.12. The average Bonchev–Trinajstić information content (AvgIpc) is 2.34. The number of isocyanates is 1. The number of hydrogen-bond donors (Lipinski definition) is 0. The van der Waals surface area contributed by atoms with Crippen LogP contribution in [-0.2, 0) is 10.3 Å². The van der Waals surface area contributed by atoms with Crippen LogP contribution in [0.3, 0.4) is 0 Å². The van der Waals surface area contributed by atoms with E-state index in [2.05, 4.69) is 4.99 Å². The molecule has 1 aromatic rings. The second-order valence-corrected chi connectivity index (χ2v) is 4.63. The summed E-state index contributed by atoms with van der Waals surface area (Å²) in [6.45, 7) is 0. The second-order valence-electron chi connectivity index (χ2n) is 4.25. The topological polar surface area (TPSA) is 47.9 Å². The lowest BCUT2D eigenvalue weighted by Gasteiger charge is -2.38. The fraction of sp³-hybridized carbons (Fsp3) is 0.462. The third-order valence-corrected chi connectivity index (χ3v) is 3.79. The molecule has 0 amide bonds. The van der Waals surface area contributed by atoms with Crippen LogP contribution < -0.4 is 9.47 Å². The van der Waals surface area contributed by atoms with E-state index in [1.807, 2.05) is 0 Å². The monoisotopic (exact) mass is 267 g/mol. The zero-order valence-electron chi connectivity index (χ0n) is 10.3. The minimum absolute atomic E-state index is 0.454. The number of methoxy groups -OCH3 is 2. The van der Waals surface area contributed by atoms with Crippen LogP contribution in [0.25, 0.3) is 0 Å². The van der Waals surface area contributed by atoms with Crippen molar-refractivity contribution in [1.29, 1.82) is 0 Å². The first-order valence-electron chi connectivity index (χ1n) is 5.68. The minimum atomic E-state index is -0.598. The molecule has 2 rings (SSSR count). The Morgan fingerprint density at radius 1 is 1.28 bits per heavy atom. The van der Waals surface area contributed by atoms with Gasteiger partial charge in [-0.1, -0.05) is 11.6 Å². The fourth-order valence-corrected chi connectivity index (χ4v) is 2.73. The van der Waals surface area contributed by atoms with Crippen molar-refractivity contribution < 1.29 is 14.3 Å². The molecule has 0 bridgehead atoms. The number of aliphatic imine (C=N–C) groups is 1. The summed E-state index contributed by atoms with van der Waals surface area (Å²) < 4.78 is 10.5. The Kier molecular flexibility index (Phi) is 3.60. The standard InChI is InChI=1S/C13H14ClNO3/c1-17-9-4-5-10(18-2)12(14)11(9)13(15-8-16)6-3-7-13/h4-5H,3,6-7H2,1-2H3. The average molecular weight is 268 g/mol. The van der Waals surface area contributed by atoms with Gasteiger partial charge in [-0.25, -0.2) is 4.79 Å². The van der Waals surface area contributed by atoms with Crippen molar-refractivity contribution in [2.75, 3.05) is 14.2 Å². The molecule has 0 spiro atoms. The van der Waals surface area contributed by atoms with Gasteiger partial charge in [0.2, 0.25) is 6.08 Å². The first-order valence-corrected chi connectivity index (χ1v) is 6.06. The molecule has 5 heteroatoms. The molecule has 0 N–H and O–H groups in total. The number of halogens is 1. The summed E-state index contributed by atoms with van der Waals surface area (Å²) >= 11 is 6.33. The van der Waals surface area contributed by atoms with Crippen molar-refractivity contribution in [3.8, 4) is 11.5 Å². The maximum atomic E-state index is 10.6. The molecule has 1 aromatic carbocycles. The van der Waals surface area contributed by atoms with Gasteiger partial charge in [0.15, 0.2) is 0 Å². The van der Waals surface area contributed by atoms with E-state index in [4.69, 9.17) is 21.1 Å². The number of benzene rings is 1. The Morgan fingerprint density at radius 2 is 1.89 bits per heavy atom. The van der Waals surface area contributed by atoms with Gasteiger partial charge >= 0.3 is 0 Å². The minimum Gasteiger partial charge on any atom is -0.496 e. The van der Waals surface area contributed by atoms with Crippen LogP contribution in [0.2, 0.25) is 5.02 Å². The molecule has 96 valence electrons. The summed E-state index contributed by atoms with van der Waals surface area (Å²) in [6, 6.07) is 3.52. The van der Waals surface area contributed by atoms with Gasteiger partial charge < -0.3 is 9.47 Å². The van der Waals surface area contributed by atoms with Gasteiger partial charge in [0.1, 0.15) is 17.0 Å². The molecule has 0 aromatic heterocycles. The number of ether oxygens (including phenoxy) is 2. The molecule has 0 aliphatic heterocycles. The number of carbonyl (C=O) groups excluding carboxylic acids is 1. The summed E-state index contributed by atoms with van der Waals surface area (Å²) in [5.41, 5.74) is 0.124. The fourth-order valence-electron chi connectivity index (χ4n) is 2.32. The first kappa shape index (κ1) is 12.9. The van der Waals surface area contributed by atoms with Crippen LogP contribution in [-0.4, -0.2) is 20.3 Å². The Hall–Kier alpha value is -1.51. The van der Waals surface area contributed by atoms with Crippen LogP contribution >= 0.6 is 11.6 Å². The lowest BCUT2D eigenvalue weighted by molar-refractivity contribution is 0.245. The van der Waals surface area contributed by atoms with Gasteiger partial charge in [-0.3, -0.25) is 0 Å². The predicted octanol–water partition coefficient (Wildman–Crippen LogP) is 3.07. The molecule has 0 atom stereocenters. The Bertz CT molecular complexity index is 505. The van der Waals surface area contributed by atoms with E-state index in [-0.39, 0.29) is 0 Å². The maximum absolute atomic E-state index is 10.6. The highest BCUT2D eigenvalue weighted by atomic mass is 35.5. The molecular weight excluding hydrogens is 254 g/mol. The van der Waals surface area contributed by atoms with Crippen LogP contribution in [0, 0.1) is 0 Å². The van der Waals surface area contributed by atoms with Gasteiger partial charge in [0, 0.05) is 5.56 Å². The van der Waals surface area contributed by atoms with Crippen molar-refractivity contribution >= 4 is 17.7 Å². The second kappa shape index (κ2) is 5.01. The summed E-state index contributed by atoms with van der Waals surface area (Å²) in [5, 5.41) is 0.454. The highest BCUT2D eigenvalue weighted by Crippen LogP contribution is 2.52. The number of rotatable bonds is 4. The summed E-state index contributed by atoms with van der Waals surface area (Å²) in [5.74, 6) is 1.18. The Labute approximate surface area is 111 Å². The molecule has 1 fully saturated rings. The van der Waals surface area contributed by atoms with Crippen molar-refractivity contribution in [2.45, 2.75) is 24.8 Å². The van der Waals surface area contributed by atoms with E-state index in [0.29, 0.717) is 16.5 Å². The molecule has 0 unspecified atom stereocenters. The third kappa shape index (κ3) is 1.88. The highest BCUT2D eigenvalue weighted by molar-refractivity contribution is 6.33. The van der Waals surface area contributed by atoms with Crippen LogP contribution in [0.4, 0.5) is 0 Å². The molecule has 18 heavy (non-hydrogen) atoms. The van der Waals surface area contributed by atoms with Gasteiger partial charge in [-0.15, -0.1) is 0 Å².